The number of thiocarbonyl (C=S) groups is 1. The number of H-pyrrole nitrogens is 1. The zero-order valence-electron chi connectivity index (χ0n) is 10.1. The molecule has 0 aliphatic carbocycles. The molecule has 0 aliphatic rings. The molecule has 0 bridgehead atoms. The molecule has 0 radical (unpaired) electrons. The highest BCUT2D eigenvalue weighted by molar-refractivity contribution is 7.80. The largest absolute Gasteiger partial charge is 0.380 e. The Morgan fingerprint density at radius 3 is 3.00 bits per heavy atom. The lowest BCUT2D eigenvalue weighted by atomic mass is 10.1. The summed E-state index contributed by atoms with van der Waals surface area (Å²) in [5.74, 6) is 0. The molecular weight excluding hydrogens is 228 g/mol. The fourth-order valence-electron chi connectivity index (χ4n) is 1.94. The topological polar surface area (TPSA) is 27.8 Å². The molecule has 1 aromatic carbocycles. The summed E-state index contributed by atoms with van der Waals surface area (Å²) in [4.78, 5) is 4.26. The smallest absolute Gasteiger partial charge is 0.0756 e. The van der Waals surface area contributed by atoms with E-state index in [1.54, 1.807) is 0 Å². The summed E-state index contributed by atoms with van der Waals surface area (Å²) in [5, 5.41) is 4.57. The molecular formula is C14H18N2S. The first kappa shape index (κ1) is 12.1. The van der Waals surface area contributed by atoms with Crippen LogP contribution >= 0.6 is 12.2 Å². The van der Waals surface area contributed by atoms with Gasteiger partial charge in [0.2, 0.25) is 0 Å². The van der Waals surface area contributed by atoms with Gasteiger partial charge in [0.05, 0.1) is 4.99 Å². The van der Waals surface area contributed by atoms with Crippen molar-refractivity contribution in [2.75, 3.05) is 6.54 Å². The van der Waals surface area contributed by atoms with Gasteiger partial charge < -0.3 is 10.3 Å². The van der Waals surface area contributed by atoms with E-state index in [0.717, 1.165) is 30.8 Å². The van der Waals surface area contributed by atoms with Gasteiger partial charge in [0.1, 0.15) is 0 Å². The number of benzene rings is 1. The summed E-state index contributed by atoms with van der Waals surface area (Å²) in [5.41, 5.74) is 2.55. The van der Waals surface area contributed by atoms with E-state index in [4.69, 9.17) is 12.2 Å². The molecule has 17 heavy (non-hydrogen) atoms. The quantitative estimate of drug-likeness (QED) is 0.791. The number of aryl methyl sites for hydroxylation is 1. The second-order valence-electron chi connectivity index (χ2n) is 4.21. The van der Waals surface area contributed by atoms with Crippen LogP contribution in [0.1, 0.15) is 25.3 Å². The highest BCUT2D eigenvalue weighted by atomic mass is 32.1. The van der Waals surface area contributed by atoms with Crippen molar-refractivity contribution in [2.45, 2.75) is 26.2 Å². The van der Waals surface area contributed by atoms with Crippen molar-refractivity contribution in [3.8, 4) is 0 Å². The van der Waals surface area contributed by atoms with Crippen molar-refractivity contribution in [1.82, 2.24) is 10.3 Å². The van der Waals surface area contributed by atoms with Crippen molar-refractivity contribution < 1.29 is 0 Å². The maximum atomic E-state index is 5.29. The van der Waals surface area contributed by atoms with Gasteiger partial charge in [0.25, 0.3) is 0 Å². The maximum absolute atomic E-state index is 5.29. The van der Waals surface area contributed by atoms with Crippen LogP contribution in [0, 0.1) is 0 Å². The number of aromatic amines is 1. The molecule has 90 valence electrons. The van der Waals surface area contributed by atoms with Gasteiger partial charge in [-0.1, -0.05) is 37.3 Å². The lowest BCUT2D eigenvalue weighted by Crippen LogP contribution is -2.22. The number of fused-ring (bicyclic) bond motifs is 1. The Labute approximate surface area is 107 Å². The van der Waals surface area contributed by atoms with E-state index in [9.17, 15) is 0 Å². The molecule has 0 unspecified atom stereocenters. The normalized spacial score (nSPS) is 10.6. The first-order chi connectivity index (χ1) is 8.31. The third-order valence-electron chi connectivity index (χ3n) is 2.87. The molecule has 0 fully saturated rings. The van der Waals surface area contributed by atoms with Crippen LogP contribution in [0.2, 0.25) is 0 Å². The second kappa shape index (κ2) is 5.82. The van der Waals surface area contributed by atoms with Gasteiger partial charge in [0, 0.05) is 30.1 Å². The zero-order valence-corrected chi connectivity index (χ0v) is 10.9. The van der Waals surface area contributed by atoms with Gasteiger partial charge in [-0.05, 0) is 24.5 Å². The molecule has 0 saturated heterocycles. The van der Waals surface area contributed by atoms with Crippen LogP contribution in [0.15, 0.2) is 30.5 Å². The first-order valence-corrected chi connectivity index (χ1v) is 6.53. The molecule has 1 aromatic heterocycles. The van der Waals surface area contributed by atoms with Crippen LogP contribution < -0.4 is 5.32 Å². The Bertz CT molecular complexity index is 502. The van der Waals surface area contributed by atoms with Gasteiger partial charge in [-0.15, -0.1) is 0 Å². The van der Waals surface area contributed by atoms with E-state index in [0.29, 0.717) is 0 Å². The average molecular weight is 246 g/mol. The molecule has 1 heterocycles. The SMILES string of the molecule is CCCNC(=S)CCc1c[nH]c2ccccc12. The van der Waals surface area contributed by atoms with Gasteiger partial charge in [-0.2, -0.15) is 0 Å². The number of para-hydroxylation sites is 1. The summed E-state index contributed by atoms with van der Waals surface area (Å²) in [7, 11) is 0. The van der Waals surface area contributed by atoms with Crippen molar-refractivity contribution in [3.63, 3.8) is 0 Å². The predicted octanol–water partition coefficient (Wildman–Crippen LogP) is 3.43. The molecule has 2 nitrogen and oxygen atoms in total. The summed E-state index contributed by atoms with van der Waals surface area (Å²) < 4.78 is 0. The molecule has 0 saturated carbocycles. The van der Waals surface area contributed by atoms with Crippen molar-refractivity contribution in [2.24, 2.45) is 0 Å². The maximum Gasteiger partial charge on any atom is 0.0756 e. The van der Waals surface area contributed by atoms with E-state index < -0.39 is 0 Å². The lowest BCUT2D eigenvalue weighted by molar-refractivity contribution is 0.828. The monoisotopic (exact) mass is 246 g/mol. The standard InChI is InChI=1S/C14H18N2S/c1-2-9-15-14(17)8-7-11-10-16-13-6-4-3-5-12(11)13/h3-6,10,16H,2,7-9H2,1H3,(H,15,17). The number of hydrogen-bond donors (Lipinski definition) is 2. The van der Waals surface area contributed by atoms with Crippen LogP contribution in [0.4, 0.5) is 0 Å². The minimum Gasteiger partial charge on any atom is -0.380 e. The van der Waals surface area contributed by atoms with Crippen LogP contribution in [0.5, 0.6) is 0 Å². The Hall–Kier alpha value is -1.35. The molecule has 0 atom stereocenters. The van der Waals surface area contributed by atoms with Crippen LogP contribution in [0.25, 0.3) is 10.9 Å². The molecule has 0 aliphatic heterocycles. The number of nitrogens with one attached hydrogen (secondary N) is 2. The third kappa shape index (κ3) is 3.07. The zero-order chi connectivity index (χ0) is 12.1. The summed E-state index contributed by atoms with van der Waals surface area (Å²) in [6, 6.07) is 8.39. The Balaban J connectivity index is 1.97. The second-order valence-corrected chi connectivity index (χ2v) is 4.70. The van der Waals surface area contributed by atoms with E-state index in [2.05, 4.69) is 47.7 Å². The Kier molecular flexibility index (Phi) is 4.15. The van der Waals surface area contributed by atoms with E-state index >= 15 is 0 Å². The van der Waals surface area contributed by atoms with Crippen molar-refractivity contribution in [3.05, 3.63) is 36.0 Å². The van der Waals surface area contributed by atoms with Crippen molar-refractivity contribution in [1.29, 1.82) is 0 Å². The van der Waals surface area contributed by atoms with Gasteiger partial charge in [-0.3, -0.25) is 0 Å². The Morgan fingerprint density at radius 2 is 2.18 bits per heavy atom. The number of aromatic nitrogens is 1. The molecule has 0 spiro atoms. The summed E-state index contributed by atoms with van der Waals surface area (Å²) in [6.45, 7) is 3.13. The number of hydrogen-bond acceptors (Lipinski definition) is 1. The van der Waals surface area contributed by atoms with E-state index in [1.807, 2.05) is 0 Å². The van der Waals surface area contributed by atoms with Crippen LogP contribution in [-0.4, -0.2) is 16.5 Å². The molecule has 2 aromatic rings. The molecule has 3 heteroatoms. The summed E-state index contributed by atoms with van der Waals surface area (Å²) >= 11 is 5.29. The fraction of sp³-hybridized carbons (Fsp3) is 0.357. The summed E-state index contributed by atoms with van der Waals surface area (Å²) in [6.07, 6.45) is 5.14. The third-order valence-corrected chi connectivity index (χ3v) is 3.22. The number of rotatable bonds is 5. The van der Waals surface area contributed by atoms with Gasteiger partial charge >= 0.3 is 0 Å². The van der Waals surface area contributed by atoms with Gasteiger partial charge in [-0.25, -0.2) is 0 Å². The average Bonchev–Trinajstić information content (AvgIpc) is 2.77. The minimum atomic E-state index is 0.928. The Morgan fingerprint density at radius 1 is 1.35 bits per heavy atom. The minimum absolute atomic E-state index is 0.928. The van der Waals surface area contributed by atoms with E-state index in [1.165, 1.54) is 16.5 Å². The fourth-order valence-corrected chi connectivity index (χ4v) is 2.14. The highest BCUT2D eigenvalue weighted by Crippen LogP contribution is 2.18. The van der Waals surface area contributed by atoms with E-state index in [-0.39, 0.29) is 0 Å². The molecule has 2 N–H and O–H groups in total. The lowest BCUT2D eigenvalue weighted by Gasteiger charge is -2.05. The highest BCUT2D eigenvalue weighted by Gasteiger charge is 2.03. The first-order valence-electron chi connectivity index (χ1n) is 6.13. The molecule has 2 rings (SSSR count). The van der Waals surface area contributed by atoms with Crippen molar-refractivity contribution >= 4 is 28.1 Å². The van der Waals surface area contributed by atoms with Gasteiger partial charge in [0.15, 0.2) is 0 Å². The van der Waals surface area contributed by atoms with Crippen LogP contribution in [-0.2, 0) is 6.42 Å². The molecule has 0 amide bonds. The predicted molar refractivity (Wildman–Crippen MR) is 77.5 cm³/mol. The van der Waals surface area contributed by atoms with Crippen LogP contribution in [0.3, 0.4) is 0 Å².